The van der Waals surface area contributed by atoms with Crippen LogP contribution >= 0.6 is 0 Å². The van der Waals surface area contributed by atoms with Crippen molar-refractivity contribution in [3.05, 3.63) is 63.7 Å². The topological polar surface area (TPSA) is 111 Å². The van der Waals surface area contributed by atoms with Gasteiger partial charge in [-0.25, -0.2) is 0 Å². The summed E-state index contributed by atoms with van der Waals surface area (Å²) in [6.07, 6.45) is 0.904. The van der Waals surface area contributed by atoms with E-state index in [9.17, 15) is 18.5 Å². The van der Waals surface area contributed by atoms with Crippen molar-refractivity contribution in [1.29, 1.82) is 0 Å². The van der Waals surface area contributed by atoms with Crippen LogP contribution in [0.25, 0.3) is 0 Å². The first-order valence-electron chi connectivity index (χ1n) is 8.29. The smallest absolute Gasteiger partial charge is 0.276 e. The molecule has 2 aromatic rings. The molecule has 9 heteroatoms. The molecule has 8 nitrogen and oxygen atoms in total. The van der Waals surface area contributed by atoms with E-state index < -0.39 is 14.9 Å². The third-order valence-electron chi connectivity index (χ3n) is 3.77. The van der Waals surface area contributed by atoms with Gasteiger partial charge >= 0.3 is 0 Å². The van der Waals surface area contributed by atoms with Crippen molar-refractivity contribution < 1.29 is 18.1 Å². The first-order valence-corrected chi connectivity index (χ1v) is 9.77. The standard InChI is InChI=1S/C18H21N3O5S/c1-4-11-26-16-8-6-15(7-9-16)14(3)19-20-27(24,25)17-10-5-13(2)18(12-17)21(22)23/h5-10,12,20H,4,11H2,1-3H3/b19-14-. The monoisotopic (exact) mass is 391 g/mol. The summed E-state index contributed by atoms with van der Waals surface area (Å²) in [5.41, 5.74) is 1.28. The van der Waals surface area contributed by atoms with Crippen molar-refractivity contribution in [3.63, 3.8) is 0 Å². The van der Waals surface area contributed by atoms with Gasteiger partial charge in [0.2, 0.25) is 0 Å². The lowest BCUT2D eigenvalue weighted by Crippen LogP contribution is -2.20. The zero-order chi connectivity index (χ0) is 20.0. The van der Waals surface area contributed by atoms with E-state index in [0.717, 1.165) is 23.8 Å². The Morgan fingerprint density at radius 3 is 2.48 bits per heavy atom. The summed E-state index contributed by atoms with van der Waals surface area (Å²) < 4.78 is 30.2. The van der Waals surface area contributed by atoms with Crippen molar-refractivity contribution in [3.8, 4) is 5.75 Å². The van der Waals surface area contributed by atoms with Crippen LogP contribution in [0, 0.1) is 17.0 Å². The summed E-state index contributed by atoms with van der Waals surface area (Å²) in [5, 5.41) is 14.9. The van der Waals surface area contributed by atoms with Crippen LogP contribution in [-0.4, -0.2) is 25.7 Å². The molecule has 0 amide bonds. The summed E-state index contributed by atoms with van der Waals surface area (Å²) in [5.74, 6) is 0.723. The van der Waals surface area contributed by atoms with Gasteiger partial charge in [-0.05, 0) is 56.2 Å². The predicted molar refractivity (Wildman–Crippen MR) is 103 cm³/mol. The molecule has 2 rings (SSSR count). The second-order valence-electron chi connectivity index (χ2n) is 5.87. The fraction of sp³-hybridized carbons (Fsp3) is 0.278. The molecule has 0 aliphatic rings. The van der Waals surface area contributed by atoms with Crippen molar-refractivity contribution in [2.24, 2.45) is 5.10 Å². The zero-order valence-electron chi connectivity index (χ0n) is 15.3. The van der Waals surface area contributed by atoms with E-state index >= 15 is 0 Å². The molecular formula is C18H21N3O5S. The van der Waals surface area contributed by atoms with Gasteiger partial charge in [-0.1, -0.05) is 13.0 Å². The Labute approximate surface area is 158 Å². The van der Waals surface area contributed by atoms with Crippen molar-refractivity contribution in [1.82, 2.24) is 4.83 Å². The SMILES string of the molecule is CCCOc1ccc(/C(C)=N\NS(=O)(=O)c2ccc(C)c([N+](=O)[O-])c2)cc1. The molecule has 0 aromatic heterocycles. The molecule has 144 valence electrons. The zero-order valence-corrected chi connectivity index (χ0v) is 16.1. The molecule has 0 bridgehead atoms. The fourth-order valence-corrected chi connectivity index (χ4v) is 3.09. The maximum absolute atomic E-state index is 12.4. The van der Waals surface area contributed by atoms with Gasteiger partial charge in [0.1, 0.15) is 5.75 Å². The first-order chi connectivity index (χ1) is 12.7. The van der Waals surface area contributed by atoms with Crippen LogP contribution in [0.4, 0.5) is 5.69 Å². The molecular weight excluding hydrogens is 370 g/mol. The summed E-state index contributed by atoms with van der Waals surface area (Å²) in [4.78, 5) is 12.3. The lowest BCUT2D eigenvalue weighted by atomic mass is 10.1. The van der Waals surface area contributed by atoms with Crippen LogP contribution in [0.2, 0.25) is 0 Å². The van der Waals surface area contributed by atoms with Crippen LogP contribution in [0.5, 0.6) is 5.75 Å². The highest BCUT2D eigenvalue weighted by atomic mass is 32.2. The molecule has 27 heavy (non-hydrogen) atoms. The summed E-state index contributed by atoms with van der Waals surface area (Å²) in [6, 6.07) is 10.8. The number of nitrogens with zero attached hydrogens (tertiary/aromatic N) is 2. The molecule has 0 spiro atoms. The molecule has 0 aliphatic heterocycles. The van der Waals surface area contributed by atoms with E-state index in [-0.39, 0.29) is 10.6 Å². The number of aryl methyl sites for hydroxylation is 1. The van der Waals surface area contributed by atoms with E-state index in [0.29, 0.717) is 17.9 Å². The number of rotatable bonds is 8. The quantitative estimate of drug-likeness (QED) is 0.421. The van der Waals surface area contributed by atoms with Crippen molar-refractivity contribution in [2.45, 2.75) is 32.1 Å². The highest BCUT2D eigenvalue weighted by molar-refractivity contribution is 7.89. The van der Waals surface area contributed by atoms with Crippen LogP contribution in [0.1, 0.15) is 31.4 Å². The van der Waals surface area contributed by atoms with E-state index in [1.54, 1.807) is 31.2 Å². The second-order valence-corrected chi connectivity index (χ2v) is 7.53. The van der Waals surface area contributed by atoms with Gasteiger partial charge in [0.25, 0.3) is 15.7 Å². The number of nitro groups is 1. The fourth-order valence-electron chi connectivity index (χ4n) is 2.21. The van der Waals surface area contributed by atoms with E-state index in [2.05, 4.69) is 9.93 Å². The number of hydrazone groups is 1. The number of ether oxygens (including phenoxy) is 1. The van der Waals surface area contributed by atoms with Crippen molar-refractivity contribution in [2.75, 3.05) is 6.61 Å². The Morgan fingerprint density at radius 1 is 1.22 bits per heavy atom. The Morgan fingerprint density at radius 2 is 1.89 bits per heavy atom. The maximum Gasteiger partial charge on any atom is 0.276 e. The minimum atomic E-state index is -4.02. The highest BCUT2D eigenvalue weighted by Gasteiger charge is 2.19. The molecule has 0 atom stereocenters. The number of hydrogen-bond donors (Lipinski definition) is 1. The molecule has 0 aliphatic carbocycles. The number of nitrogens with one attached hydrogen (secondary N) is 1. The van der Waals surface area contributed by atoms with Gasteiger partial charge in [-0.3, -0.25) is 10.1 Å². The largest absolute Gasteiger partial charge is 0.494 e. The van der Waals surface area contributed by atoms with Crippen LogP contribution in [-0.2, 0) is 10.0 Å². The predicted octanol–water partition coefficient (Wildman–Crippen LogP) is 3.39. The average Bonchev–Trinajstić information content (AvgIpc) is 2.65. The van der Waals surface area contributed by atoms with E-state index in [4.69, 9.17) is 4.74 Å². The summed E-state index contributed by atoms with van der Waals surface area (Å²) in [6.45, 7) is 5.83. The van der Waals surface area contributed by atoms with E-state index in [1.807, 2.05) is 6.92 Å². The second kappa shape index (κ2) is 8.63. The molecule has 0 saturated heterocycles. The van der Waals surface area contributed by atoms with Gasteiger partial charge in [-0.2, -0.15) is 18.4 Å². The van der Waals surface area contributed by atoms with Gasteiger partial charge < -0.3 is 4.74 Å². The van der Waals surface area contributed by atoms with Gasteiger partial charge in [0.05, 0.1) is 22.1 Å². The third-order valence-corrected chi connectivity index (χ3v) is 4.97. The maximum atomic E-state index is 12.4. The Kier molecular flexibility index (Phi) is 6.51. The number of benzene rings is 2. The average molecular weight is 391 g/mol. The van der Waals surface area contributed by atoms with Crippen LogP contribution < -0.4 is 9.57 Å². The number of nitro benzene ring substituents is 1. The minimum Gasteiger partial charge on any atom is -0.494 e. The summed E-state index contributed by atoms with van der Waals surface area (Å²) >= 11 is 0. The van der Waals surface area contributed by atoms with Gasteiger partial charge in [-0.15, -0.1) is 0 Å². The molecule has 0 fully saturated rings. The molecule has 0 heterocycles. The third kappa shape index (κ3) is 5.27. The first kappa shape index (κ1) is 20.4. The lowest BCUT2D eigenvalue weighted by Gasteiger charge is -2.08. The van der Waals surface area contributed by atoms with Gasteiger partial charge in [0.15, 0.2) is 0 Å². The van der Waals surface area contributed by atoms with Crippen molar-refractivity contribution >= 4 is 21.4 Å². The molecule has 0 saturated carbocycles. The lowest BCUT2D eigenvalue weighted by molar-refractivity contribution is -0.385. The van der Waals surface area contributed by atoms with E-state index in [1.165, 1.54) is 19.1 Å². The Hall–Kier alpha value is -2.94. The Bertz CT molecular complexity index is 953. The molecule has 1 N–H and O–H groups in total. The molecule has 2 aromatic carbocycles. The number of hydrogen-bond acceptors (Lipinski definition) is 6. The Balaban J connectivity index is 2.18. The van der Waals surface area contributed by atoms with Gasteiger partial charge in [0, 0.05) is 11.6 Å². The highest BCUT2D eigenvalue weighted by Crippen LogP contribution is 2.22. The minimum absolute atomic E-state index is 0.223. The van der Waals surface area contributed by atoms with Crippen LogP contribution in [0.3, 0.4) is 0 Å². The molecule has 0 radical (unpaired) electrons. The summed E-state index contributed by atoms with van der Waals surface area (Å²) in [7, 11) is -4.02. The van der Waals surface area contributed by atoms with Crippen LogP contribution in [0.15, 0.2) is 52.5 Å². The number of sulfonamides is 1. The normalized spacial score (nSPS) is 11.9. The molecule has 0 unspecified atom stereocenters.